The van der Waals surface area contributed by atoms with Gasteiger partial charge in [0.25, 0.3) is 0 Å². The van der Waals surface area contributed by atoms with E-state index in [0.717, 1.165) is 15.7 Å². The lowest BCUT2D eigenvalue weighted by Crippen LogP contribution is -1.90. The summed E-state index contributed by atoms with van der Waals surface area (Å²) in [5.41, 5.74) is 8.31. The Labute approximate surface area is 115 Å². The number of hydrogen-bond acceptors (Lipinski definition) is 3. The molecule has 0 unspecified atom stereocenters. The third-order valence-corrected chi connectivity index (χ3v) is 3.86. The highest BCUT2D eigenvalue weighted by atomic mass is 35.5. The first-order chi connectivity index (χ1) is 8.69. The highest BCUT2D eigenvalue weighted by Gasteiger charge is 2.02. The first-order valence-corrected chi connectivity index (χ1v) is 6.72. The predicted octanol–water partition coefficient (Wildman–Crippen LogP) is 4.09. The van der Waals surface area contributed by atoms with E-state index in [1.54, 1.807) is 23.9 Å². The maximum Gasteiger partial charge on any atom is 0.0992 e. The molecule has 2 nitrogen and oxygen atoms in total. The van der Waals surface area contributed by atoms with Crippen LogP contribution in [0.2, 0.25) is 5.02 Å². The number of thioether (sulfide) groups is 1. The molecule has 2 aromatic carbocycles. The zero-order valence-corrected chi connectivity index (χ0v) is 11.1. The predicted molar refractivity (Wildman–Crippen MR) is 76.6 cm³/mol. The molecule has 0 fully saturated rings. The van der Waals surface area contributed by atoms with Gasteiger partial charge in [-0.1, -0.05) is 23.7 Å². The number of nitrogens with two attached hydrogens (primary N) is 1. The van der Waals surface area contributed by atoms with E-state index in [-0.39, 0.29) is 0 Å². The number of hydrogen-bond donors (Lipinski definition) is 1. The van der Waals surface area contributed by atoms with Crippen LogP contribution < -0.4 is 5.73 Å². The van der Waals surface area contributed by atoms with Crippen molar-refractivity contribution in [2.75, 3.05) is 5.73 Å². The van der Waals surface area contributed by atoms with Crippen molar-refractivity contribution in [1.82, 2.24) is 0 Å². The number of nitrogen functional groups attached to an aromatic ring is 1. The first kappa shape index (κ1) is 12.8. The van der Waals surface area contributed by atoms with Gasteiger partial charge in [0.1, 0.15) is 0 Å². The van der Waals surface area contributed by atoms with Gasteiger partial charge in [0, 0.05) is 21.4 Å². The summed E-state index contributed by atoms with van der Waals surface area (Å²) in [4.78, 5) is 0.990. The van der Waals surface area contributed by atoms with Crippen molar-refractivity contribution in [2.45, 2.75) is 10.6 Å². The molecule has 0 aliphatic rings. The van der Waals surface area contributed by atoms with Gasteiger partial charge >= 0.3 is 0 Å². The van der Waals surface area contributed by atoms with Crippen LogP contribution in [-0.2, 0) is 5.75 Å². The molecule has 4 heteroatoms. The molecule has 0 aromatic heterocycles. The lowest BCUT2D eigenvalue weighted by molar-refractivity contribution is 1.37. The molecule has 0 spiro atoms. The van der Waals surface area contributed by atoms with Crippen molar-refractivity contribution in [3.8, 4) is 6.07 Å². The smallest absolute Gasteiger partial charge is 0.0992 e. The summed E-state index contributed by atoms with van der Waals surface area (Å²) in [6.07, 6.45) is 0. The molecular weight excluding hydrogens is 264 g/mol. The van der Waals surface area contributed by atoms with E-state index in [4.69, 9.17) is 22.6 Å². The molecule has 0 saturated heterocycles. The molecule has 0 radical (unpaired) electrons. The van der Waals surface area contributed by atoms with Crippen LogP contribution in [0.5, 0.6) is 0 Å². The summed E-state index contributed by atoms with van der Waals surface area (Å²) in [5.74, 6) is 0.827. The van der Waals surface area contributed by atoms with Crippen LogP contribution in [0.3, 0.4) is 0 Å². The van der Waals surface area contributed by atoms with Crippen LogP contribution in [0, 0.1) is 11.3 Å². The molecule has 0 bridgehead atoms. The topological polar surface area (TPSA) is 49.8 Å². The van der Waals surface area contributed by atoms with Crippen molar-refractivity contribution in [2.24, 2.45) is 0 Å². The van der Waals surface area contributed by atoms with E-state index in [2.05, 4.69) is 6.07 Å². The van der Waals surface area contributed by atoms with Gasteiger partial charge in [-0.3, -0.25) is 0 Å². The van der Waals surface area contributed by atoms with Crippen LogP contribution in [0.15, 0.2) is 47.4 Å². The van der Waals surface area contributed by atoms with Crippen molar-refractivity contribution < 1.29 is 0 Å². The Hall–Kier alpha value is -1.63. The second kappa shape index (κ2) is 5.81. The quantitative estimate of drug-likeness (QED) is 0.677. The first-order valence-electron chi connectivity index (χ1n) is 5.36. The van der Waals surface area contributed by atoms with Gasteiger partial charge in [-0.25, -0.2) is 0 Å². The summed E-state index contributed by atoms with van der Waals surface area (Å²) in [5, 5.41) is 9.50. The highest BCUT2D eigenvalue weighted by Crippen LogP contribution is 2.29. The largest absolute Gasteiger partial charge is 0.398 e. The minimum atomic E-state index is 0.586. The van der Waals surface area contributed by atoms with Crippen LogP contribution in [-0.4, -0.2) is 0 Å². The second-order valence-electron chi connectivity index (χ2n) is 3.78. The lowest BCUT2D eigenvalue weighted by Gasteiger charge is -2.06. The van der Waals surface area contributed by atoms with E-state index in [0.29, 0.717) is 11.3 Å². The molecule has 2 N–H and O–H groups in total. The van der Waals surface area contributed by atoms with E-state index in [1.807, 2.05) is 30.3 Å². The zero-order chi connectivity index (χ0) is 13.0. The Morgan fingerprint density at radius 2 is 1.89 bits per heavy atom. The number of anilines is 1. The average Bonchev–Trinajstić information content (AvgIpc) is 2.39. The third-order valence-electron chi connectivity index (χ3n) is 2.45. The summed E-state index contributed by atoms with van der Waals surface area (Å²) in [7, 11) is 0. The fourth-order valence-electron chi connectivity index (χ4n) is 1.49. The van der Waals surface area contributed by atoms with E-state index in [1.165, 1.54) is 5.56 Å². The number of nitriles is 1. The molecule has 0 atom stereocenters. The third kappa shape index (κ3) is 3.19. The molecule has 0 saturated carbocycles. The molecule has 0 aliphatic carbocycles. The molecular formula is C14H11ClN2S. The molecule has 0 heterocycles. The lowest BCUT2D eigenvalue weighted by atomic mass is 10.2. The Balaban J connectivity index is 2.06. The molecule has 0 aliphatic heterocycles. The van der Waals surface area contributed by atoms with Crippen LogP contribution >= 0.6 is 23.4 Å². The molecule has 2 aromatic rings. The molecule has 90 valence electrons. The van der Waals surface area contributed by atoms with E-state index < -0.39 is 0 Å². The maximum atomic E-state index is 8.76. The highest BCUT2D eigenvalue weighted by molar-refractivity contribution is 7.98. The van der Waals surface area contributed by atoms with Gasteiger partial charge in [0.15, 0.2) is 0 Å². The number of nitrogens with zero attached hydrogens (tertiary/aromatic N) is 1. The van der Waals surface area contributed by atoms with Gasteiger partial charge in [0.2, 0.25) is 0 Å². The number of benzene rings is 2. The Kier molecular flexibility index (Phi) is 4.14. The summed E-state index contributed by atoms with van der Waals surface area (Å²) in [6, 6.07) is 15.2. The fourth-order valence-corrected chi connectivity index (χ4v) is 2.52. The zero-order valence-electron chi connectivity index (χ0n) is 9.56. The minimum absolute atomic E-state index is 0.586. The summed E-state index contributed by atoms with van der Waals surface area (Å²) >= 11 is 7.48. The Bertz CT molecular complexity index is 588. The van der Waals surface area contributed by atoms with E-state index >= 15 is 0 Å². The van der Waals surface area contributed by atoms with Gasteiger partial charge in [-0.2, -0.15) is 5.26 Å². The van der Waals surface area contributed by atoms with Gasteiger partial charge < -0.3 is 5.73 Å². The summed E-state index contributed by atoms with van der Waals surface area (Å²) < 4.78 is 0. The Morgan fingerprint density at radius 3 is 2.50 bits per heavy atom. The van der Waals surface area contributed by atoms with E-state index in [9.17, 15) is 0 Å². The Morgan fingerprint density at radius 1 is 1.17 bits per heavy atom. The molecule has 2 rings (SSSR count). The minimum Gasteiger partial charge on any atom is -0.398 e. The van der Waals surface area contributed by atoms with Gasteiger partial charge in [-0.05, 0) is 35.9 Å². The fraction of sp³-hybridized carbons (Fsp3) is 0.0714. The average molecular weight is 275 g/mol. The van der Waals surface area contributed by atoms with Crippen LogP contribution in [0.1, 0.15) is 11.1 Å². The monoisotopic (exact) mass is 274 g/mol. The summed E-state index contributed by atoms with van der Waals surface area (Å²) in [6.45, 7) is 0. The number of halogens is 1. The van der Waals surface area contributed by atoms with Gasteiger partial charge in [-0.15, -0.1) is 11.8 Å². The van der Waals surface area contributed by atoms with Crippen molar-refractivity contribution in [3.05, 3.63) is 58.6 Å². The van der Waals surface area contributed by atoms with Crippen molar-refractivity contribution >= 4 is 29.1 Å². The SMILES string of the molecule is N#Cc1ccc(SCc2ccc(Cl)cc2)c(N)c1. The normalized spacial score (nSPS) is 10.0. The van der Waals surface area contributed by atoms with Crippen molar-refractivity contribution in [3.63, 3.8) is 0 Å². The molecule has 18 heavy (non-hydrogen) atoms. The standard InChI is InChI=1S/C14H11ClN2S/c15-12-4-1-10(2-5-12)9-18-14-6-3-11(8-16)7-13(14)17/h1-7H,9,17H2. The maximum absolute atomic E-state index is 8.76. The number of rotatable bonds is 3. The van der Waals surface area contributed by atoms with Crippen LogP contribution in [0.4, 0.5) is 5.69 Å². The van der Waals surface area contributed by atoms with Crippen molar-refractivity contribution in [1.29, 1.82) is 5.26 Å². The van der Waals surface area contributed by atoms with Gasteiger partial charge in [0.05, 0.1) is 11.6 Å². The van der Waals surface area contributed by atoms with Crippen LogP contribution in [0.25, 0.3) is 0 Å². The second-order valence-corrected chi connectivity index (χ2v) is 5.23. The molecule has 0 amide bonds.